The number of hydrogen-bond acceptors (Lipinski definition) is 7. The highest BCUT2D eigenvalue weighted by Gasteiger charge is 2.28. The van der Waals surface area contributed by atoms with Crippen LogP contribution in [0.15, 0.2) is 24.3 Å². The SMILES string of the molecule is CN1CC(c2ccc(C3CC(NC(=O)CCCNC#N)ON3)cc2)CN1. The fourth-order valence-corrected chi connectivity index (χ4v) is 3.36. The Morgan fingerprint density at radius 2 is 2.15 bits per heavy atom. The number of hydrogen-bond donors (Lipinski definition) is 4. The van der Waals surface area contributed by atoms with E-state index in [9.17, 15) is 4.79 Å². The van der Waals surface area contributed by atoms with Crippen molar-refractivity contribution in [3.63, 3.8) is 0 Å². The van der Waals surface area contributed by atoms with Gasteiger partial charge in [-0.2, -0.15) is 10.7 Å². The zero-order chi connectivity index (χ0) is 18.4. The molecule has 0 aliphatic carbocycles. The van der Waals surface area contributed by atoms with Crippen LogP contribution in [-0.4, -0.2) is 43.8 Å². The van der Waals surface area contributed by atoms with Crippen LogP contribution in [0.2, 0.25) is 0 Å². The van der Waals surface area contributed by atoms with Crippen LogP contribution in [0.3, 0.4) is 0 Å². The Balaban J connectivity index is 1.45. The molecule has 26 heavy (non-hydrogen) atoms. The average Bonchev–Trinajstić information content (AvgIpc) is 3.28. The Bertz CT molecular complexity index is 644. The van der Waals surface area contributed by atoms with Crippen LogP contribution in [-0.2, 0) is 9.63 Å². The maximum absolute atomic E-state index is 11.9. The van der Waals surface area contributed by atoms with E-state index in [1.807, 2.05) is 6.19 Å². The van der Waals surface area contributed by atoms with Crippen LogP contribution >= 0.6 is 0 Å². The largest absolute Gasteiger partial charge is 0.329 e. The molecule has 3 unspecified atom stereocenters. The van der Waals surface area contributed by atoms with Gasteiger partial charge in [-0.05, 0) is 17.5 Å². The van der Waals surface area contributed by atoms with Crippen LogP contribution in [0.5, 0.6) is 0 Å². The molecule has 1 aromatic rings. The van der Waals surface area contributed by atoms with E-state index in [1.165, 1.54) is 5.56 Å². The first kappa shape index (κ1) is 18.6. The predicted octanol–water partition coefficient (Wildman–Crippen LogP) is 0.479. The minimum absolute atomic E-state index is 0.0645. The number of hydrazine groups is 1. The van der Waals surface area contributed by atoms with E-state index in [0.717, 1.165) is 18.7 Å². The fraction of sp³-hybridized carbons (Fsp3) is 0.556. The van der Waals surface area contributed by atoms with Crippen LogP contribution in [0.1, 0.15) is 42.3 Å². The predicted molar refractivity (Wildman–Crippen MR) is 96.2 cm³/mol. The van der Waals surface area contributed by atoms with E-state index < -0.39 is 0 Å². The molecule has 0 bridgehead atoms. The Morgan fingerprint density at radius 1 is 1.38 bits per heavy atom. The van der Waals surface area contributed by atoms with Gasteiger partial charge in [0, 0.05) is 45.4 Å². The lowest BCUT2D eigenvalue weighted by atomic mass is 9.96. The van der Waals surface area contributed by atoms with Gasteiger partial charge in [-0.15, -0.1) is 0 Å². The fourth-order valence-electron chi connectivity index (χ4n) is 3.36. The lowest BCUT2D eigenvalue weighted by molar-refractivity contribution is -0.125. The molecule has 2 heterocycles. The number of amides is 1. The summed E-state index contributed by atoms with van der Waals surface area (Å²) >= 11 is 0. The summed E-state index contributed by atoms with van der Waals surface area (Å²) in [6.07, 6.45) is 3.19. The van der Waals surface area contributed by atoms with E-state index in [2.05, 4.69) is 57.9 Å². The number of carbonyl (C=O) groups excluding carboxylic acids is 1. The van der Waals surface area contributed by atoms with Gasteiger partial charge in [-0.25, -0.2) is 5.01 Å². The molecule has 2 aliphatic rings. The van der Waals surface area contributed by atoms with Crippen molar-refractivity contribution < 1.29 is 9.63 Å². The van der Waals surface area contributed by atoms with Gasteiger partial charge >= 0.3 is 0 Å². The second-order valence-corrected chi connectivity index (χ2v) is 6.83. The molecule has 3 rings (SSSR count). The molecule has 0 spiro atoms. The maximum atomic E-state index is 11.9. The molecule has 8 heteroatoms. The van der Waals surface area contributed by atoms with Gasteiger partial charge in [0.25, 0.3) is 0 Å². The van der Waals surface area contributed by atoms with Crippen molar-refractivity contribution in [2.24, 2.45) is 0 Å². The first-order valence-electron chi connectivity index (χ1n) is 9.02. The number of likely N-dealkylation sites (N-methyl/N-ethyl adjacent to an activating group) is 1. The molecule has 1 aromatic carbocycles. The number of rotatable bonds is 7. The number of nitrogens with zero attached hydrogens (tertiary/aromatic N) is 2. The van der Waals surface area contributed by atoms with Crippen molar-refractivity contribution in [1.82, 2.24) is 26.5 Å². The average molecular weight is 358 g/mol. The molecular weight excluding hydrogens is 332 g/mol. The summed E-state index contributed by atoms with van der Waals surface area (Å²) in [5, 5.41) is 15.9. The zero-order valence-corrected chi connectivity index (χ0v) is 15.0. The van der Waals surface area contributed by atoms with Crippen LogP contribution in [0.25, 0.3) is 0 Å². The van der Waals surface area contributed by atoms with E-state index in [4.69, 9.17) is 10.1 Å². The van der Waals surface area contributed by atoms with Gasteiger partial charge in [-0.3, -0.25) is 15.1 Å². The summed E-state index contributed by atoms with van der Waals surface area (Å²) in [5.41, 5.74) is 8.82. The molecule has 1 amide bonds. The number of nitrogens with one attached hydrogen (secondary N) is 4. The third kappa shape index (κ3) is 4.93. The van der Waals surface area contributed by atoms with Gasteiger partial charge in [0.05, 0.1) is 6.04 Å². The summed E-state index contributed by atoms with van der Waals surface area (Å²) in [4.78, 5) is 17.4. The number of benzene rings is 1. The zero-order valence-electron chi connectivity index (χ0n) is 15.0. The highest BCUT2D eigenvalue weighted by molar-refractivity contribution is 5.76. The van der Waals surface area contributed by atoms with Crippen LogP contribution in [0, 0.1) is 11.5 Å². The maximum Gasteiger partial charge on any atom is 0.222 e. The summed E-state index contributed by atoms with van der Waals surface area (Å²) in [6, 6.07) is 8.69. The Morgan fingerprint density at radius 3 is 2.85 bits per heavy atom. The van der Waals surface area contributed by atoms with Gasteiger partial charge in [0.15, 0.2) is 12.4 Å². The first-order chi connectivity index (χ1) is 12.7. The van der Waals surface area contributed by atoms with Crippen molar-refractivity contribution >= 4 is 5.91 Å². The third-order valence-corrected chi connectivity index (χ3v) is 4.82. The lowest BCUT2D eigenvalue weighted by Crippen LogP contribution is -2.35. The molecule has 0 aromatic heterocycles. The standard InChI is InChI=1S/C18H26N6O2/c1-24-11-15(10-21-24)13-4-6-14(7-5-13)16-9-18(26-23-16)22-17(25)3-2-8-20-12-19/h4-7,15-16,18,20-21,23H,2-3,8-11H2,1H3,(H,22,25). The van der Waals surface area contributed by atoms with E-state index >= 15 is 0 Å². The molecule has 0 radical (unpaired) electrons. The summed E-state index contributed by atoms with van der Waals surface area (Å²) < 4.78 is 0. The second-order valence-electron chi connectivity index (χ2n) is 6.83. The smallest absolute Gasteiger partial charge is 0.222 e. The van der Waals surface area contributed by atoms with Crippen molar-refractivity contribution in [3.05, 3.63) is 35.4 Å². The number of nitriles is 1. The van der Waals surface area contributed by atoms with Gasteiger partial charge in [0.1, 0.15) is 0 Å². The van der Waals surface area contributed by atoms with E-state index in [1.54, 1.807) is 0 Å². The first-order valence-corrected chi connectivity index (χ1v) is 9.02. The van der Waals surface area contributed by atoms with Crippen molar-refractivity contribution in [2.75, 3.05) is 26.7 Å². The van der Waals surface area contributed by atoms with Crippen LogP contribution in [0.4, 0.5) is 0 Å². The Kier molecular flexibility index (Phi) is 6.41. The summed E-state index contributed by atoms with van der Waals surface area (Å²) in [5.74, 6) is 0.454. The number of hydroxylamine groups is 1. The molecule has 3 atom stereocenters. The molecule has 2 saturated heterocycles. The lowest BCUT2D eigenvalue weighted by Gasteiger charge is -2.13. The number of carbonyl (C=O) groups is 1. The third-order valence-electron chi connectivity index (χ3n) is 4.82. The molecule has 8 nitrogen and oxygen atoms in total. The molecule has 2 fully saturated rings. The highest BCUT2D eigenvalue weighted by Crippen LogP contribution is 2.27. The topological polar surface area (TPSA) is 101 Å². The van der Waals surface area contributed by atoms with Gasteiger partial charge in [0.2, 0.25) is 5.91 Å². The monoisotopic (exact) mass is 358 g/mol. The molecule has 2 aliphatic heterocycles. The van der Waals surface area contributed by atoms with Crippen molar-refractivity contribution in [2.45, 2.75) is 37.5 Å². The quantitative estimate of drug-likeness (QED) is 0.319. The molecule has 140 valence electrons. The minimum atomic E-state index is -0.330. The minimum Gasteiger partial charge on any atom is -0.329 e. The highest BCUT2D eigenvalue weighted by atomic mass is 16.7. The summed E-state index contributed by atoms with van der Waals surface area (Å²) in [6.45, 7) is 2.50. The van der Waals surface area contributed by atoms with Crippen molar-refractivity contribution in [3.8, 4) is 6.19 Å². The second kappa shape index (κ2) is 8.96. The molecule has 4 N–H and O–H groups in total. The molecular formula is C18H26N6O2. The summed E-state index contributed by atoms with van der Waals surface area (Å²) in [7, 11) is 2.06. The Hall–Kier alpha value is -2.18. The van der Waals surface area contributed by atoms with Gasteiger partial charge < -0.3 is 10.6 Å². The van der Waals surface area contributed by atoms with E-state index in [0.29, 0.717) is 31.7 Å². The van der Waals surface area contributed by atoms with Gasteiger partial charge in [-0.1, -0.05) is 24.3 Å². The Labute approximate surface area is 153 Å². The normalized spacial score (nSPS) is 25.8. The molecule has 0 saturated carbocycles. The van der Waals surface area contributed by atoms with Crippen molar-refractivity contribution in [1.29, 1.82) is 5.26 Å². The van der Waals surface area contributed by atoms with E-state index in [-0.39, 0.29) is 18.2 Å². The van der Waals surface area contributed by atoms with Crippen LogP contribution < -0.4 is 21.5 Å².